The molecule has 1 aromatic heterocycles. The topological polar surface area (TPSA) is 118 Å². The Bertz CT molecular complexity index is 2020. The van der Waals surface area contributed by atoms with Gasteiger partial charge in [-0.25, -0.2) is 4.98 Å². The standard InChI is InChI=1S/C36H35IN4O6/c1-6-45-32-16-23(5)29(19-28(32)22(3)4)35-39-31-11-9-8-10-27(31)36(42)40(35)38-20-25-17-30(37)34(33(18-25)46-7-2)47-21-24-12-14-26(15-13-24)41(43)44/h8-20,22H,6-7,21H2,1-5H3. The van der Waals surface area contributed by atoms with E-state index < -0.39 is 4.92 Å². The number of fused-ring (bicyclic) bond motifs is 1. The van der Waals surface area contributed by atoms with Gasteiger partial charge in [0, 0.05) is 17.7 Å². The molecule has 11 heteroatoms. The third kappa shape index (κ3) is 7.46. The maximum atomic E-state index is 13.9. The van der Waals surface area contributed by atoms with E-state index in [1.807, 2.05) is 57.2 Å². The lowest BCUT2D eigenvalue weighted by molar-refractivity contribution is -0.384. The summed E-state index contributed by atoms with van der Waals surface area (Å²) in [6.07, 6.45) is 1.61. The Balaban J connectivity index is 1.56. The molecule has 4 aromatic carbocycles. The predicted octanol–water partition coefficient (Wildman–Crippen LogP) is 8.27. The maximum Gasteiger partial charge on any atom is 0.282 e. The van der Waals surface area contributed by atoms with Crippen molar-refractivity contribution >= 4 is 45.4 Å². The molecule has 10 nitrogen and oxygen atoms in total. The molecule has 0 saturated carbocycles. The highest BCUT2D eigenvalue weighted by atomic mass is 127. The quantitative estimate of drug-likeness (QED) is 0.0546. The van der Waals surface area contributed by atoms with Gasteiger partial charge in [-0.3, -0.25) is 14.9 Å². The third-order valence-corrected chi connectivity index (χ3v) is 8.26. The molecule has 0 atom stereocenters. The van der Waals surface area contributed by atoms with Gasteiger partial charge in [-0.1, -0.05) is 26.0 Å². The molecule has 0 unspecified atom stereocenters. The third-order valence-electron chi connectivity index (χ3n) is 7.46. The van der Waals surface area contributed by atoms with Crippen LogP contribution in [0.15, 0.2) is 82.7 Å². The lowest BCUT2D eigenvalue weighted by Gasteiger charge is -2.18. The van der Waals surface area contributed by atoms with Crippen LogP contribution in [0, 0.1) is 20.6 Å². The molecule has 1 heterocycles. The number of nitro benzene ring substituents is 1. The minimum Gasteiger partial charge on any atom is -0.494 e. The van der Waals surface area contributed by atoms with Crippen molar-refractivity contribution in [3.63, 3.8) is 0 Å². The Morgan fingerprint density at radius 2 is 1.68 bits per heavy atom. The first-order chi connectivity index (χ1) is 22.6. The van der Waals surface area contributed by atoms with Crippen LogP contribution in [0.5, 0.6) is 17.2 Å². The highest BCUT2D eigenvalue weighted by Crippen LogP contribution is 2.36. The zero-order valence-electron chi connectivity index (χ0n) is 26.8. The molecule has 0 N–H and O–H groups in total. The number of aryl methyl sites for hydroxylation is 1. The van der Waals surface area contributed by atoms with E-state index in [0.717, 1.165) is 31.6 Å². The van der Waals surface area contributed by atoms with E-state index in [1.165, 1.54) is 16.8 Å². The molecule has 5 aromatic rings. The molecular formula is C36H35IN4O6. The van der Waals surface area contributed by atoms with Gasteiger partial charge in [0.2, 0.25) is 0 Å². The van der Waals surface area contributed by atoms with E-state index in [-0.39, 0.29) is 23.8 Å². The zero-order chi connectivity index (χ0) is 33.7. The highest BCUT2D eigenvalue weighted by Gasteiger charge is 2.19. The van der Waals surface area contributed by atoms with Crippen LogP contribution in [0.4, 0.5) is 5.69 Å². The average molecular weight is 747 g/mol. The number of nitro groups is 1. The van der Waals surface area contributed by atoms with E-state index in [0.29, 0.717) is 47.0 Å². The monoisotopic (exact) mass is 746 g/mol. The number of para-hydroxylation sites is 1. The molecule has 5 rings (SSSR count). The number of halogens is 1. The largest absolute Gasteiger partial charge is 0.494 e. The number of benzene rings is 4. The van der Waals surface area contributed by atoms with E-state index in [2.05, 4.69) is 36.4 Å². The molecule has 0 aliphatic rings. The maximum absolute atomic E-state index is 13.9. The fourth-order valence-electron chi connectivity index (χ4n) is 5.14. The minimum absolute atomic E-state index is 0.0175. The molecule has 0 amide bonds. The summed E-state index contributed by atoms with van der Waals surface area (Å²) in [5.74, 6) is 2.47. The Labute approximate surface area is 286 Å². The number of aromatic nitrogens is 2. The van der Waals surface area contributed by atoms with Crippen molar-refractivity contribution < 1.29 is 19.1 Å². The van der Waals surface area contributed by atoms with E-state index in [4.69, 9.17) is 24.3 Å². The van der Waals surface area contributed by atoms with Crippen LogP contribution in [0.25, 0.3) is 22.3 Å². The Hall–Kier alpha value is -4.78. The Morgan fingerprint density at radius 3 is 2.36 bits per heavy atom. The first-order valence-corrected chi connectivity index (χ1v) is 16.3. The lowest BCUT2D eigenvalue weighted by Crippen LogP contribution is -2.21. The summed E-state index contributed by atoms with van der Waals surface area (Å²) < 4.78 is 20.1. The average Bonchev–Trinajstić information content (AvgIpc) is 3.04. The fourth-order valence-corrected chi connectivity index (χ4v) is 5.92. The Morgan fingerprint density at radius 1 is 0.979 bits per heavy atom. The Kier molecular flexibility index (Phi) is 10.5. The van der Waals surface area contributed by atoms with Gasteiger partial charge < -0.3 is 14.2 Å². The van der Waals surface area contributed by atoms with Crippen LogP contribution in [-0.2, 0) is 6.61 Å². The van der Waals surface area contributed by atoms with Gasteiger partial charge in [0.15, 0.2) is 17.3 Å². The smallest absolute Gasteiger partial charge is 0.282 e. The zero-order valence-corrected chi connectivity index (χ0v) is 29.0. The molecule has 0 radical (unpaired) electrons. The SMILES string of the molecule is CCOc1cc(C)c(-c2nc3ccccc3c(=O)n2N=Cc2cc(I)c(OCc3ccc([N+](=O)[O-])cc3)c(OCC)c2)cc1C(C)C. The van der Waals surface area contributed by atoms with Crippen LogP contribution in [0.3, 0.4) is 0 Å². The summed E-state index contributed by atoms with van der Waals surface area (Å²) in [6.45, 7) is 11.2. The van der Waals surface area contributed by atoms with E-state index in [1.54, 1.807) is 30.5 Å². The van der Waals surface area contributed by atoms with E-state index >= 15 is 0 Å². The number of rotatable bonds is 12. The highest BCUT2D eigenvalue weighted by molar-refractivity contribution is 14.1. The van der Waals surface area contributed by atoms with Gasteiger partial charge in [-0.05, 0) is 120 Å². The van der Waals surface area contributed by atoms with Gasteiger partial charge in [0.05, 0.1) is 38.8 Å². The van der Waals surface area contributed by atoms with Gasteiger partial charge in [-0.2, -0.15) is 9.78 Å². The molecular weight excluding hydrogens is 711 g/mol. The summed E-state index contributed by atoms with van der Waals surface area (Å²) in [7, 11) is 0. The van der Waals surface area contributed by atoms with Crippen LogP contribution >= 0.6 is 22.6 Å². The predicted molar refractivity (Wildman–Crippen MR) is 192 cm³/mol. The van der Waals surface area contributed by atoms with Gasteiger partial charge in [0.25, 0.3) is 11.2 Å². The van der Waals surface area contributed by atoms with Crippen LogP contribution < -0.4 is 19.8 Å². The normalized spacial score (nSPS) is 11.4. The second kappa shape index (κ2) is 14.8. The second-order valence-electron chi connectivity index (χ2n) is 11.1. The summed E-state index contributed by atoms with van der Waals surface area (Å²) in [5.41, 5.74) is 4.50. The van der Waals surface area contributed by atoms with Crippen molar-refractivity contribution in [1.82, 2.24) is 9.66 Å². The number of hydrogen-bond donors (Lipinski definition) is 0. The van der Waals surface area contributed by atoms with Crippen molar-refractivity contribution in [2.75, 3.05) is 13.2 Å². The van der Waals surface area contributed by atoms with Crippen molar-refractivity contribution in [1.29, 1.82) is 0 Å². The molecule has 0 bridgehead atoms. The molecule has 242 valence electrons. The van der Waals surface area contributed by atoms with E-state index in [9.17, 15) is 14.9 Å². The summed E-state index contributed by atoms with van der Waals surface area (Å²) in [5, 5.41) is 16.2. The lowest BCUT2D eigenvalue weighted by atomic mass is 9.96. The number of nitrogens with zero attached hydrogens (tertiary/aromatic N) is 4. The van der Waals surface area contributed by atoms with Crippen LogP contribution in [0.1, 0.15) is 55.9 Å². The van der Waals surface area contributed by atoms with Crippen LogP contribution in [-0.4, -0.2) is 34.0 Å². The number of non-ortho nitro benzene ring substituents is 1. The molecule has 0 saturated heterocycles. The summed E-state index contributed by atoms with van der Waals surface area (Å²) in [6, 6.07) is 21.2. The molecule has 0 aliphatic heterocycles. The fraction of sp³-hybridized carbons (Fsp3) is 0.250. The van der Waals surface area contributed by atoms with Crippen molar-refractivity contribution in [2.45, 2.75) is 47.1 Å². The molecule has 0 fully saturated rings. The van der Waals surface area contributed by atoms with Gasteiger partial charge in [-0.15, -0.1) is 0 Å². The molecule has 0 aliphatic carbocycles. The van der Waals surface area contributed by atoms with Crippen molar-refractivity contribution in [3.05, 3.63) is 119 Å². The second-order valence-corrected chi connectivity index (χ2v) is 12.2. The first kappa shape index (κ1) is 33.6. The first-order valence-electron chi connectivity index (χ1n) is 15.3. The molecule has 0 spiro atoms. The summed E-state index contributed by atoms with van der Waals surface area (Å²) in [4.78, 5) is 29.4. The minimum atomic E-state index is -0.436. The molecule has 47 heavy (non-hydrogen) atoms. The number of ether oxygens (including phenoxy) is 3. The van der Waals surface area contributed by atoms with Gasteiger partial charge >= 0.3 is 0 Å². The number of hydrogen-bond acceptors (Lipinski definition) is 8. The van der Waals surface area contributed by atoms with Crippen LogP contribution in [0.2, 0.25) is 0 Å². The van der Waals surface area contributed by atoms with Crippen molar-refractivity contribution in [2.24, 2.45) is 5.10 Å². The van der Waals surface area contributed by atoms with Crippen molar-refractivity contribution in [3.8, 4) is 28.6 Å². The summed E-state index contributed by atoms with van der Waals surface area (Å²) >= 11 is 2.17. The van der Waals surface area contributed by atoms with Gasteiger partial charge in [0.1, 0.15) is 12.4 Å².